The Hall–Kier alpha value is -0.146. The molecule has 0 atom stereocenters. The summed E-state index contributed by atoms with van der Waals surface area (Å²) in [5, 5.41) is 0. The van der Waals surface area contributed by atoms with Gasteiger partial charge in [0.05, 0.1) is 0 Å². The van der Waals surface area contributed by atoms with Crippen LogP contribution in [-0.4, -0.2) is 10.6 Å². The Morgan fingerprint density at radius 2 is 1.14 bits per heavy atom. The molecule has 0 saturated heterocycles. The maximum Gasteiger partial charge on any atom is 0.130 e. The van der Waals surface area contributed by atoms with Gasteiger partial charge in [0.15, 0.2) is 0 Å². The zero-order chi connectivity index (χ0) is 11.1. The third kappa shape index (κ3) is 94.0. The van der Waals surface area contributed by atoms with E-state index in [1.807, 2.05) is 34.0 Å². The van der Waals surface area contributed by atoms with Crippen LogP contribution in [0.5, 0.6) is 0 Å². The van der Waals surface area contributed by atoms with Crippen LogP contribution in [-0.2, 0) is 16.5 Å². The fraction of sp³-hybridized carbons (Fsp3) is 0.500. The van der Waals surface area contributed by atoms with Crippen molar-refractivity contribution in [2.24, 2.45) is 5.73 Å². The van der Waals surface area contributed by atoms with Gasteiger partial charge in [-0.05, 0) is 34.0 Å². The average Bonchev–Trinajstić information content (AvgIpc) is 2.18. The van der Waals surface area contributed by atoms with E-state index in [2.05, 4.69) is 35.9 Å². The second-order valence-corrected chi connectivity index (χ2v) is 3.07. The van der Waals surface area contributed by atoms with Crippen molar-refractivity contribution >= 4 is 28.3 Å². The summed E-state index contributed by atoms with van der Waals surface area (Å²) in [6, 6.07) is 0. The van der Waals surface area contributed by atoms with Crippen LogP contribution < -0.4 is 5.73 Å². The number of nitrogens with two attached hydrogens (primary N) is 1. The molecule has 0 aliphatic heterocycles. The van der Waals surface area contributed by atoms with Crippen molar-refractivity contribution in [1.82, 2.24) is 0 Å². The molecular formula is C10H17NNiS2. The van der Waals surface area contributed by atoms with E-state index in [1.165, 1.54) is 11.8 Å². The minimum atomic E-state index is 0. The molecule has 0 unspecified atom stereocenters. The third-order valence-corrected chi connectivity index (χ3v) is 1.60. The van der Waals surface area contributed by atoms with Crippen LogP contribution in [0.25, 0.3) is 0 Å². The van der Waals surface area contributed by atoms with E-state index in [-0.39, 0.29) is 16.5 Å². The summed E-state index contributed by atoms with van der Waals surface area (Å²) in [4.78, 5) is 0. The summed E-state index contributed by atoms with van der Waals surface area (Å²) in [6.45, 7) is 7.28. The summed E-state index contributed by atoms with van der Waals surface area (Å²) in [7, 11) is 0. The maximum atomic E-state index is 4.99. The largest absolute Gasteiger partial charge is 0.385 e. The van der Waals surface area contributed by atoms with Gasteiger partial charge in [-0.2, -0.15) is 0 Å². The molecule has 0 amide bonds. The molecule has 0 aromatic carbocycles. The van der Waals surface area contributed by atoms with E-state index in [1.54, 1.807) is 0 Å². The molecule has 1 nitrogen and oxygen atoms in total. The molecule has 0 fully saturated rings. The maximum absolute atomic E-state index is 4.99. The average molecular weight is 274 g/mol. The second kappa shape index (κ2) is 29.3. The minimum absolute atomic E-state index is 0. The van der Waals surface area contributed by atoms with Crippen molar-refractivity contribution < 1.29 is 16.5 Å². The molecule has 0 radical (unpaired) electrons. The molecule has 0 spiro atoms. The first kappa shape index (κ1) is 23.6. The predicted octanol–water partition coefficient (Wildman–Crippen LogP) is 2.65. The van der Waals surface area contributed by atoms with Crippen LogP contribution >= 0.6 is 24.0 Å². The van der Waals surface area contributed by atoms with Gasteiger partial charge in [-0.1, -0.05) is 12.2 Å². The number of thiocarbonyl (C=S) groups is 1. The molecule has 0 aromatic rings. The fourth-order valence-corrected chi connectivity index (χ4v) is 0. The van der Waals surface area contributed by atoms with Gasteiger partial charge in [-0.15, -0.1) is 35.4 Å². The van der Waals surface area contributed by atoms with Crippen LogP contribution in [0.2, 0.25) is 0 Å². The van der Waals surface area contributed by atoms with Crippen molar-refractivity contribution in [1.29, 1.82) is 0 Å². The van der Waals surface area contributed by atoms with Gasteiger partial charge in [0, 0.05) is 16.5 Å². The Bertz CT molecular complexity index is 188. The number of hydrogen-bond donors (Lipinski definition) is 1. The van der Waals surface area contributed by atoms with Gasteiger partial charge < -0.3 is 5.73 Å². The summed E-state index contributed by atoms with van der Waals surface area (Å²) >= 11 is 5.83. The van der Waals surface area contributed by atoms with E-state index in [4.69, 9.17) is 5.73 Å². The first-order valence-electron chi connectivity index (χ1n) is 3.61. The number of rotatable bonds is 0. The van der Waals surface area contributed by atoms with Crippen LogP contribution in [0, 0.1) is 23.7 Å². The molecule has 14 heavy (non-hydrogen) atoms. The Morgan fingerprint density at radius 1 is 1.00 bits per heavy atom. The molecule has 0 saturated carbocycles. The van der Waals surface area contributed by atoms with Crippen LogP contribution in [0.15, 0.2) is 0 Å². The molecular weight excluding hydrogens is 257 g/mol. The zero-order valence-electron chi connectivity index (χ0n) is 9.21. The van der Waals surface area contributed by atoms with E-state index < -0.39 is 0 Å². The monoisotopic (exact) mass is 273 g/mol. The Labute approximate surface area is 108 Å². The van der Waals surface area contributed by atoms with Crippen LogP contribution in [0.1, 0.15) is 27.7 Å². The smallest absolute Gasteiger partial charge is 0.130 e. The molecule has 0 aromatic heterocycles. The Balaban J connectivity index is -0.0000000522. The zero-order valence-corrected chi connectivity index (χ0v) is 11.8. The molecule has 0 aliphatic carbocycles. The predicted molar refractivity (Wildman–Crippen MR) is 68.5 cm³/mol. The SMILES string of the molecule is CC#CC.CC#CC.CSC(N)=S.[Ni]. The van der Waals surface area contributed by atoms with E-state index in [0.717, 1.165) is 0 Å². The van der Waals surface area contributed by atoms with E-state index in [0.29, 0.717) is 4.32 Å². The van der Waals surface area contributed by atoms with Crippen molar-refractivity contribution in [3.8, 4) is 23.7 Å². The Morgan fingerprint density at radius 3 is 1.14 bits per heavy atom. The third-order valence-electron chi connectivity index (χ3n) is 0.701. The summed E-state index contributed by atoms with van der Waals surface area (Å²) in [6.07, 6.45) is 1.85. The van der Waals surface area contributed by atoms with Gasteiger partial charge in [0.1, 0.15) is 4.32 Å². The molecule has 0 heterocycles. The van der Waals surface area contributed by atoms with E-state index in [9.17, 15) is 0 Å². The molecule has 0 aliphatic rings. The number of thioether (sulfide) groups is 1. The fourth-order valence-electron chi connectivity index (χ4n) is 0. The van der Waals surface area contributed by atoms with Gasteiger partial charge in [-0.3, -0.25) is 0 Å². The molecule has 0 bridgehead atoms. The van der Waals surface area contributed by atoms with Gasteiger partial charge >= 0.3 is 0 Å². The van der Waals surface area contributed by atoms with Crippen molar-refractivity contribution in [3.05, 3.63) is 0 Å². The minimum Gasteiger partial charge on any atom is -0.385 e. The normalized spacial score (nSPS) is 4.64. The van der Waals surface area contributed by atoms with Gasteiger partial charge in [0.25, 0.3) is 0 Å². The first-order chi connectivity index (χ1) is 6.10. The second-order valence-electron chi connectivity index (χ2n) is 1.52. The van der Waals surface area contributed by atoms with Crippen molar-refractivity contribution in [2.45, 2.75) is 27.7 Å². The first-order valence-corrected chi connectivity index (χ1v) is 5.24. The summed E-state index contributed by atoms with van der Waals surface area (Å²) in [5.74, 6) is 10.7. The summed E-state index contributed by atoms with van der Waals surface area (Å²) < 4.78 is 0.505. The molecule has 4 heteroatoms. The molecule has 0 rings (SSSR count). The summed E-state index contributed by atoms with van der Waals surface area (Å²) in [5.41, 5.74) is 4.99. The molecule has 84 valence electrons. The van der Waals surface area contributed by atoms with Crippen molar-refractivity contribution in [3.63, 3.8) is 0 Å². The quantitative estimate of drug-likeness (QED) is 0.418. The van der Waals surface area contributed by atoms with Crippen molar-refractivity contribution in [2.75, 3.05) is 6.26 Å². The topological polar surface area (TPSA) is 26.0 Å². The number of hydrogen-bond acceptors (Lipinski definition) is 2. The van der Waals surface area contributed by atoms with Gasteiger partial charge in [0.2, 0.25) is 0 Å². The van der Waals surface area contributed by atoms with Crippen LogP contribution in [0.3, 0.4) is 0 Å². The van der Waals surface area contributed by atoms with E-state index >= 15 is 0 Å². The molecule has 2 N–H and O–H groups in total. The van der Waals surface area contributed by atoms with Crippen LogP contribution in [0.4, 0.5) is 0 Å². The van der Waals surface area contributed by atoms with Gasteiger partial charge in [-0.25, -0.2) is 0 Å². The Kier molecular flexibility index (Phi) is 49.3. The standard InChI is InChI=1S/2C4H6.C2H5NS2.Ni/c2*1-3-4-2;1-5-2(3)4;/h2*1-2H3;1H3,(H2,3,4);.